The Morgan fingerprint density at radius 2 is 2.13 bits per heavy atom. The first-order valence-corrected chi connectivity index (χ1v) is 5.12. The molecule has 0 aromatic heterocycles. The third-order valence-corrected chi connectivity index (χ3v) is 2.59. The van der Waals surface area contributed by atoms with E-state index in [0.29, 0.717) is 18.2 Å². The lowest BCUT2D eigenvalue weighted by molar-refractivity contribution is 0.497. The Labute approximate surface area is 87.5 Å². The average Bonchev–Trinajstić information content (AvgIpc) is 2.99. The Bertz CT molecular complexity index is 350. The van der Waals surface area contributed by atoms with Crippen molar-refractivity contribution >= 4 is 0 Å². The van der Waals surface area contributed by atoms with E-state index in [9.17, 15) is 8.78 Å². The summed E-state index contributed by atoms with van der Waals surface area (Å²) in [5, 5.41) is 3.23. The molecule has 0 bridgehead atoms. The van der Waals surface area contributed by atoms with Crippen LogP contribution in [0.5, 0.6) is 0 Å². The van der Waals surface area contributed by atoms with Crippen molar-refractivity contribution in [3.8, 4) is 0 Å². The van der Waals surface area contributed by atoms with Crippen LogP contribution in [0.4, 0.5) is 8.78 Å². The van der Waals surface area contributed by atoms with E-state index in [4.69, 9.17) is 5.73 Å². The molecule has 1 aliphatic carbocycles. The number of rotatable bonds is 4. The fraction of sp³-hybridized carbons (Fsp3) is 0.455. The lowest BCUT2D eigenvalue weighted by Gasteiger charge is -2.17. The van der Waals surface area contributed by atoms with Crippen LogP contribution in [0.2, 0.25) is 0 Å². The molecule has 4 heteroatoms. The summed E-state index contributed by atoms with van der Waals surface area (Å²) in [7, 11) is 0. The molecule has 1 atom stereocenters. The number of halogens is 2. The van der Waals surface area contributed by atoms with Gasteiger partial charge in [-0.05, 0) is 18.9 Å². The maximum Gasteiger partial charge on any atom is 0.130 e. The van der Waals surface area contributed by atoms with E-state index in [0.717, 1.165) is 18.9 Å². The van der Waals surface area contributed by atoms with Crippen molar-refractivity contribution < 1.29 is 8.78 Å². The summed E-state index contributed by atoms with van der Waals surface area (Å²) in [6, 6.07) is 3.85. The zero-order valence-electron chi connectivity index (χ0n) is 8.34. The first-order chi connectivity index (χ1) is 7.20. The minimum absolute atomic E-state index is 0.210. The fourth-order valence-electron chi connectivity index (χ4n) is 1.60. The number of hydrogen-bond acceptors (Lipinski definition) is 2. The minimum atomic E-state index is -0.557. The van der Waals surface area contributed by atoms with Crippen LogP contribution in [0.25, 0.3) is 0 Å². The zero-order chi connectivity index (χ0) is 10.8. The predicted molar refractivity (Wildman–Crippen MR) is 54.3 cm³/mol. The number of nitrogens with two attached hydrogens (primary N) is 1. The van der Waals surface area contributed by atoms with E-state index in [2.05, 4.69) is 5.32 Å². The van der Waals surface area contributed by atoms with Gasteiger partial charge in [0.15, 0.2) is 0 Å². The van der Waals surface area contributed by atoms with Gasteiger partial charge in [-0.15, -0.1) is 0 Å². The van der Waals surface area contributed by atoms with E-state index in [1.807, 2.05) is 0 Å². The summed E-state index contributed by atoms with van der Waals surface area (Å²) in [5.74, 6) is -1.09. The van der Waals surface area contributed by atoms with Gasteiger partial charge in [-0.1, -0.05) is 6.07 Å². The van der Waals surface area contributed by atoms with E-state index < -0.39 is 11.6 Å². The lowest BCUT2D eigenvalue weighted by Crippen LogP contribution is -2.30. The second-order valence-electron chi connectivity index (χ2n) is 3.90. The van der Waals surface area contributed by atoms with Crippen molar-refractivity contribution in [3.05, 3.63) is 35.4 Å². The van der Waals surface area contributed by atoms with Crippen molar-refractivity contribution in [1.82, 2.24) is 5.32 Å². The maximum absolute atomic E-state index is 13.4. The van der Waals surface area contributed by atoms with Crippen LogP contribution in [-0.4, -0.2) is 12.6 Å². The number of hydrogen-bond donors (Lipinski definition) is 2. The fourth-order valence-corrected chi connectivity index (χ4v) is 1.60. The van der Waals surface area contributed by atoms with Gasteiger partial charge in [0.1, 0.15) is 11.6 Å². The van der Waals surface area contributed by atoms with Gasteiger partial charge in [-0.2, -0.15) is 0 Å². The van der Waals surface area contributed by atoms with Crippen LogP contribution in [0, 0.1) is 11.6 Å². The van der Waals surface area contributed by atoms with Gasteiger partial charge in [0.2, 0.25) is 0 Å². The van der Waals surface area contributed by atoms with Crippen LogP contribution in [0.15, 0.2) is 18.2 Å². The van der Waals surface area contributed by atoms with Crippen molar-refractivity contribution in [1.29, 1.82) is 0 Å². The van der Waals surface area contributed by atoms with Gasteiger partial charge in [0.25, 0.3) is 0 Å². The summed E-state index contributed by atoms with van der Waals surface area (Å²) >= 11 is 0. The van der Waals surface area contributed by atoms with Crippen LogP contribution < -0.4 is 11.1 Å². The standard InChI is InChI=1S/C11H14F2N2/c12-7-1-4-9(10(13)5-7)11(6-14)15-8-2-3-8/h1,4-5,8,11,15H,2-3,6,14H2. The SMILES string of the molecule is NCC(NC1CC1)c1ccc(F)cc1F. The molecule has 1 aromatic rings. The Morgan fingerprint density at radius 1 is 1.40 bits per heavy atom. The first kappa shape index (κ1) is 10.5. The Hall–Kier alpha value is -1.00. The highest BCUT2D eigenvalue weighted by atomic mass is 19.1. The van der Waals surface area contributed by atoms with Gasteiger partial charge < -0.3 is 11.1 Å². The van der Waals surface area contributed by atoms with Crippen LogP contribution >= 0.6 is 0 Å². The van der Waals surface area contributed by atoms with Gasteiger partial charge in [-0.25, -0.2) is 8.78 Å². The quantitative estimate of drug-likeness (QED) is 0.797. The summed E-state index contributed by atoms with van der Waals surface area (Å²) in [4.78, 5) is 0. The van der Waals surface area contributed by atoms with E-state index in [1.165, 1.54) is 12.1 Å². The molecule has 0 radical (unpaired) electrons. The molecule has 0 heterocycles. The summed E-state index contributed by atoms with van der Waals surface area (Å²) in [5.41, 5.74) is 6.01. The first-order valence-electron chi connectivity index (χ1n) is 5.12. The molecular weight excluding hydrogens is 198 g/mol. The normalized spacial score (nSPS) is 17.8. The van der Waals surface area contributed by atoms with Crippen molar-refractivity contribution in [2.24, 2.45) is 5.73 Å². The largest absolute Gasteiger partial charge is 0.329 e. The Balaban J connectivity index is 2.16. The highest BCUT2D eigenvalue weighted by molar-refractivity contribution is 5.23. The van der Waals surface area contributed by atoms with Gasteiger partial charge in [0.05, 0.1) is 0 Å². The molecular formula is C11H14F2N2. The van der Waals surface area contributed by atoms with E-state index in [1.54, 1.807) is 0 Å². The van der Waals surface area contributed by atoms with Crippen molar-refractivity contribution in [2.45, 2.75) is 24.9 Å². The molecule has 15 heavy (non-hydrogen) atoms. The molecule has 1 aliphatic rings. The molecule has 1 saturated carbocycles. The van der Waals surface area contributed by atoms with E-state index in [-0.39, 0.29) is 6.04 Å². The monoisotopic (exact) mass is 212 g/mol. The Morgan fingerprint density at radius 3 is 2.67 bits per heavy atom. The molecule has 0 amide bonds. The summed E-state index contributed by atoms with van der Waals surface area (Å²) in [6.07, 6.45) is 2.22. The molecule has 1 fully saturated rings. The third-order valence-electron chi connectivity index (χ3n) is 2.59. The second kappa shape index (κ2) is 4.24. The molecule has 1 aromatic carbocycles. The second-order valence-corrected chi connectivity index (χ2v) is 3.90. The molecule has 3 N–H and O–H groups in total. The summed E-state index contributed by atoms with van der Waals surface area (Å²) < 4.78 is 26.1. The highest BCUT2D eigenvalue weighted by Crippen LogP contribution is 2.25. The molecule has 0 aliphatic heterocycles. The molecule has 0 spiro atoms. The lowest BCUT2D eigenvalue weighted by atomic mass is 10.1. The van der Waals surface area contributed by atoms with Crippen LogP contribution in [0.3, 0.4) is 0 Å². The number of nitrogens with one attached hydrogen (secondary N) is 1. The van der Waals surface area contributed by atoms with Crippen LogP contribution in [-0.2, 0) is 0 Å². The molecule has 2 nitrogen and oxygen atoms in total. The highest BCUT2D eigenvalue weighted by Gasteiger charge is 2.25. The van der Waals surface area contributed by atoms with Crippen molar-refractivity contribution in [2.75, 3.05) is 6.54 Å². The Kier molecular flexibility index (Phi) is 2.98. The van der Waals surface area contributed by atoms with Crippen LogP contribution in [0.1, 0.15) is 24.4 Å². The number of benzene rings is 1. The smallest absolute Gasteiger partial charge is 0.130 e. The van der Waals surface area contributed by atoms with Gasteiger partial charge in [-0.3, -0.25) is 0 Å². The van der Waals surface area contributed by atoms with Gasteiger partial charge >= 0.3 is 0 Å². The van der Waals surface area contributed by atoms with Gasteiger partial charge in [0, 0.05) is 30.3 Å². The minimum Gasteiger partial charge on any atom is -0.329 e. The molecule has 82 valence electrons. The molecule has 0 saturated heterocycles. The zero-order valence-corrected chi connectivity index (χ0v) is 8.34. The van der Waals surface area contributed by atoms with Crippen molar-refractivity contribution in [3.63, 3.8) is 0 Å². The van der Waals surface area contributed by atoms with E-state index >= 15 is 0 Å². The third kappa shape index (κ3) is 2.52. The predicted octanol–water partition coefficient (Wildman–Crippen LogP) is 1.72. The topological polar surface area (TPSA) is 38.0 Å². The molecule has 2 rings (SSSR count). The molecule has 1 unspecified atom stereocenters. The average molecular weight is 212 g/mol. The maximum atomic E-state index is 13.4. The summed E-state index contributed by atoms with van der Waals surface area (Å²) in [6.45, 7) is 0.319.